The quantitative estimate of drug-likeness (QED) is 0.198. The van der Waals surface area contributed by atoms with Crippen LogP contribution in [0.4, 0.5) is 0 Å². The summed E-state index contributed by atoms with van der Waals surface area (Å²) in [4.78, 5) is 14.4. The summed E-state index contributed by atoms with van der Waals surface area (Å²) in [5.74, 6) is 0.990. The lowest BCUT2D eigenvalue weighted by Crippen LogP contribution is -1.97. The van der Waals surface area contributed by atoms with Crippen LogP contribution in [0, 0.1) is 13.8 Å². The number of aryl methyl sites for hydroxylation is 2. The molecule has 0 bridgehead atoms. The molecule has 7 aromatic carbocycles. The van der Waals surface area contributed by atoms with Crippen molar-refractivity contribution in [1.82, 2.24) is 19.5 Å². The number of benzene rings is 7. The number of hydrogen-bond acceptors (Lipinski definition) is 3. The number of phenolic OH excluding ortho intramolecular Hbond substituents is 1. The van der Waals surface area contributed by atoms with Gasteiger partial charge < -0.3 is 10.1 Å². The normalized spacial score (nSPS) is 11.8. The maximum Gasteiger partial charge on any atom is 0.147 e. The number of pyridine rings is 1. The zero-order valence-electron chi connectivity index (χ0n) is 28.1. The highest BCUT2D eigenvalue weighted by Gasteiger charge is 2.22. The van der Waals surface area contributed by atoms with Crippen molar-refractivity contribution in [2.75, 3.05) is 0 Å². The average molecular weight is 657 g/mol. The van der Waals surface area contributed by atoms with Gasteiger partial charge in [-0.2, -0.15) is 0 Å². The van der Waals surface area contributed by atoms with Gasteiger partial charge in [0, 0.05) is 38.5 Å². The van der Waals surface area contributed by atoms with Crippen LogP contribution in [0.3, 0.4) is 0 Å². The highest BCUT2D eigenvalue weighted by molar-refractivity contribution is 6.15. The monoisotopic (exact) mass is 656 g/mol. The molecule has 2 N–H and O–H groups in total. The third kappa shape index (κ3) is 4.62. The number of fused-ring (bicyclic) bond motifs is 6. The van der Waals surface area contributed by atoms with Gasteiger partial charge in [0.15, 0.2) is 0 Å². The van der Waals surface area contributed by atoms with Gasteiger partial charge in [-0.3, -0.25) is 4.57 Å². The summed E-state index contributed by atoms with van der Waals surface area (Å²) in [5.41, 5.74) is 12.7. The van der Waals surface area contributed by atoms with Crippen molar-refractivity contribution in [2.45, 2.75) is 13.8 Å². The molecule has 0 saturated carbocycles. The molecule has 0 aliphatic carbocycles. The van der Waals surface area contributed by atoms with Gasteiger partial charge in [-0.15, -0.1) is 0 Å². The Kier molecular flexibility index (Phi) is 6.39. The Balaban J connectivity index is 1.27. The number of phenols is 1. The van der Waals surface area contributed by atoms with Crippen LogP contribution < -0.4 is 0 Å². The molecule has 0 unspecified atom stereocenters. The van der Waals surface area contributed by atoms with Crippen molar-refractivity contribution in [3.05, 3.63) is 157 Å². The van der Waals surface area contributed by atoms with Crippen molar-refractivity contribution >= 4 is 54.5 Å². The molecule has 5 nitrogen and oxygen atoms in total. The molecule has 51 heavy (non-hydrogen) atoms. The highest BCUT2D eigenvalue weighted by Crippen LogP contribution is 2.41. The molecule has 10 aromatic rings. The Morgan fingerprint density at radius 2 is 1.25 bits per heavy atom. The first-order valence-corrected chi connectivity index (χ1v) is 17.2. The van der Waals surface area contributed by atoms with E-state index in [1.54, 1.807) is 6.07 Å². The van der Waals surface area contributed by atoms with Crippen molar-refractivity contribution in [1.29, 1.82) is 0 Å². The summed E-state index contributed by atoms with van der Waals surface area (Å²) in [6.07, 6.45) is 0. The van der Waals surface area contributed by atoms with Gasteiger partial charge in [0.2, 0.25) is 0 Å². The van der Waals surface area contributed by atoms with Gasteiger partial charge in [0.1, 0.15) is 17.1 Å². The maximum atomic E-state index is 11.1. The number of aromatic nitrogens is 4. The molecule has 10 rings (SSSR count). The maximum absolute atomic E-state index is 11.1. The summed E-state index contributed by atoms with van der Waals surface area (Å²) in [6.45, 7) is 4.24. The van der Waals surface area contributed by atoms with Gasteiger partial charge in [0.25, 0.3) is 0 Å². The molecule has 0 atom stereocenters. The number of H-pyrrole nitrogens is 1. The van der Waals surface area contributed by atoms with E-state index < -0.39 is 0 Å². The lowest BCUT2D eigenvalue weighted by atomic mass is 9.95. The minimum atomic E-state index is 0.154. The van der Waals surface area contributed by atoms with Crippen LogP contribution in [0.2, 0.25) is 0 Å². The fourth-order valence-electron chi connectivity index (χ4n) is 7.86. The van der Waals surface area contributed by atoms with Crippen molar-refractivity contribution < 1.29 is 5.11 Å². The molecule has 0 saturated heterocycles. The third-order valence-electron chi connectivity index (χ3n) is 10.1. The zero-order valence-corrected chi connectivity index (χ0v) is 28.1. The second-order valence-corrected chi connectivity index (χ2v) is 13.5. The first kappa shape index (κ1) is 29.2. The molecule has 3 heterocycles. The second kappa shape index (κ2) is 11.2. The number of nitrogens with zero attached hydrogens (tertiary/aromatic N) is 3. The van der Waals surface area contributed by atoms with Crippen molar-refractivity contribution in [3.8, 4) is 45.2 Å². The molecule has 0 amide bonds. The molecular weight excluding hydrogens is 625 g/mol. The molecule has 0 aliphatic rings. The van der Waals surface area contributed by atoms with E-state index >= 15 is 0 Å². The summed E-state index contributed by atoms with van der Waals surface area (Å²) in [6, 6.07) is 50.5. The summed E-state index contributed by atoms with van der Waals surface area (Å²) < 4.78 is 2.25. The van der Waals surface area contributed by atoms with Crippen LogP contribution in [0.1, 0.15) is 11.1 Å². The summed E-state index contributed by atoms with van der Waals surface area (Å²) in [5, 5.41) is 16.8. The van der Waals surface area contributed by atoms with Gasteiger partial charge in [-0.25, -0.2) is 9.97 Å². The summed E-state index contributed by atoms with van der Waals surface area (Å²) >= 11 is 0. The van der Waals surface area contributed by atoms with Crippen LogP contribution in [0.25, 0.3) is 94.0 Å². The van der Waals surface area contributed by atoms with Gasteiger partial charge >= 0.3 is 0 Å². The number of para-hydroxylation sites is 4. The van der Waals surface area contributed by atoms with E-state index in [4.69, 9.17) is 9.97 Å². The second-order valence-electron chi connectivity index (χ2n) is 13.5. The predicted octanol–water partition coefficient (Wildman–Crippen LogP) is 11.7. The van der Waals surface area contributed by atoms with Crippen LogP contribution in [-0.2, 0) is 0 Å². The van der Waals surface area contributed by atoms with E-state index in [0.29, 0.717) is 5.52 Å². The van der Waals surface area contributed by atoms with E-state index in [-0.39, 0.29) is 5.75 Å². The molecule has 0 aliphatic heterocycles. The van der Waals surface area contributed by atoms with Gasteiger partial charge in [0.05, 0.1) is 22.2 Å². The first-order chi connectivity index (χ1) is 25.0. The Hall–Kier alpha value is -6.72. The first-order valence-electron chi connectivity index (χ1n) is 17.2. The molecule has 5 heteroatoms. The van der Waals surface area contributed by atoms with E-state index in [0.717, 1.165) is 72.3 Å². The minimum absolute atomic E-state index is 0.154. The SMILES string of the molecule is Cc1cc(C)cc(-c2cc(-c3cccc4c3nc(-c3cccc5c3[nH]c3cc6ccccc6cc35)n4-c3ccccc3)nc3c(O)cccc23)c1. The molecule has 0 spiro atoms. The molecule has 0 fully saturated rings. The number of imidazole rings is 1. The number of rotatable bonds is 4. The lowest BCUT2D eigenvalue weighted by molar-refractivity contribution is 0.480. The number of hydrogen-bond donors (Lipinski definition) is 2. The topological polar surface area (TPSA) is 66.7 Å². The summed E-state index contributed by atoms with van der Waals surface area (Å²) in [7, 11) is 0. The fourth-order valence-corrected chi connectivity index (χ4v) is 7.86. The number of aromatic amines is 1. The van der Waals surface area contributed by atoms with Crippen molar-refractivity contribution in [3.63, 3.8) is 0 Å². The zero-order chi connectivity index (χ0) is 34.2. The predicted molar refractivity (Wildman–Crippen MR) is 211 cm³/mol. The average Bonchev–Trinajstić information content (AvgIpc) is 3.72. The largest absolute Gasteiger partial charge is 0.506 e. The van der Waals surface area contributed by atoms with Crippen LogP contribution in [0.5, 0.6) is 5.75 Å². The molecule has 3 aromatic heterocycles. The van der Waals surface area contributed by atoms with E-state index in [9.17, 15) is 5.11 Å². The third-order valence-corrected chi connectivity index (χ3v) is 10.1. The van der Waals surface area contributed by atoms with Gasteiger partial charge in [-0.05, 0) is 84.3 Å². The lowest BCUT2D eigenvalue weighted by Gasteiger charge is -2.13. The Bertz CT molecular complexity index is 2990. The molecule has 242 valence electrons. The van der Waals surface area contributed by atoms with Crippen molar-refractivity contribution in [2.24, 2.45) is 0 Å². The fraction of sp³-hybridized carbons (Fsp3) is 0.0435. The Morgan fingerprint density at radius 3 is 2.08 bits per heavy atom. The smallest absolute Gasteiger partial charge is 0.147 e. The van der Waals surface area contributed by atoms with E-state index in [1.165, 1.54) is 27.3 Å². The van der Waals surface area contributed by atoms with Crippen LogP contribution >= 0.6 is 0 Å². The van der Waals surface area contributed by atoms with E-state index in [1.807, 2.05) is 18.2 Å². The minimum Gasteiger partial charge on any atom is -0.506 e. The number of nitrogens with one attached hydrogen (secondary N) is 1. The van der Waals surface area contributed by atoms with E-state index in [2.05, 4.69) is 145 Å². The standard InChI is InChI=1S/C46H32N4O/c1-27-21-28(2)23-31(22-27)37-26-40(48-45-33(37)16-10-20-42(45)51)35-17-9-19-41-44(35)49-46(50(41)32-13-4-3-5-14-32)36-18-8-15-34-38-24-29-11-6-7-12-30(29)25-39(38)47-43(34)36/h3-26,47,51H,1-2H3. The van der Waals surface area contributed by atoms with Crippen LogP contribution in [0.15, 0.2) is 146 Å². The highest BCUT2D eigenvalue weighted by atomic mass is 16.3. The van der Waals surface area contributed by atoms with Crippen LogP contribution in [-0.4, -0.2) is 24.6 Å². The van der Waals surface area contributed by atoms with Gasteiger partial charge in [-0.1, -0.05) is 108 Å². The Labute approximate surface area is 294 Å². The number of aromatic hydroxyl groups is 1. The Morgan fingerprint density at radius 1 is 0.549 bits per heavy atom. The molecular formula is C46H32N4O. The molecule has 0 radical (unpaired) electrons.